The molecule has 0 fully saturated rings. The van der Waals surface area contributed by atoms with Crippen molar-refractivity contribution in [1.29, 1.82) is 0 Å². The molecule has 0 heterocycles. The Bertz CT molecular complexity index is 515. The van der Waals surface area contributed by atoms with Gasteiger partial charge in [0.2, 0.25) is 0 Å². The normalized spacial score (nSPS) is 10.9. The average molecular weight is 390 g/mol. The number of halogens is 1. The van der Waals surface area contributed by atoms with E-state index in [1.54, 1.807) is 11.0 Å². The van der Waals surface area contributed by atoms with Crippen molar-refractivity contribution < 1.29 is 9.72 Å². The summed E-state index contributed by atoms with van der Waals surface area (Å²) in [6.07, 6.45) is 0. The van der Waals surface area contributed by atoms with Gasteiger partial charge >= 0.3 is 0 Å². The molecule has 110 valence electrons. The standard InChI is InChI=1S/C14H19IN2O3/c1-9(2)8-16(10(3)4)14(18)12-7-11(17(19)20)5-6-13(12)15/h5-7,9-10H,8H2,1-4H3. The first kappa shape index (κ1) is 16.9. The number of non-ortho nitro benzene ring substituents is 1. The second kappa shape index (κ2) is 7.01. The molecule has 0 radical (unpaired) electrons. The molecule has 0 unspecified atom stereocenters. The summed E-state index contributed by atoms with van der Waals surface area (Å²) in [7, 11) is 0. The number of carbonyl (C=O) groups is 1. The maximum absolute atomic E-state index is 12.6. The van der Waals surface area contributed by atoms with E-state index < -0.39 is 4.92 Å². The first-order valence-corrected chi connectivity index (χ1v) is 7.56. The minimum atomic E-state index is -0.477. The zero-order valence-corrected chi connectivity index (χ0v) is 14.2. The van der Waals surface area contributed by atoms with E-state index in [-0.39, 0.29) is 17.6 Å². The Balaban J connectivity index is 3.17. The predicted molar refractivity (Wildman–Crippen MR) is 86.8 cm³/mol. The summed E-state index contributed by atoms with van der Waals surface area (Å²) >= 11 is 2.04. The van der Waals surface area contributed by atoms with Gasteiger partial charge in [-0.1, -0.05) is 13.8 Å². The fourth-order valence-corrected chi connectivity index (χ4v) is 2.43. The van der Waals surface area contributed by atoms with Crippen LogP contribution in [0.2, 0.25) is 0 Å². The van der Waals surface area contributed by atoms with E-state index in [9.17, 15) is 14.9 Å². The van der Waals surface area contributed by atoms with Gasteiger partial charge in [0.25, 0.3) is 11.6 Å². The number of nitrogens with zero attached hydrogens (tertiary/aromatic N) is 2. The van der Waals surface area contributed by atoms with E-state index >= 15 is 0 Å². The molecule has 0 spiro atoms. The van der Waals surface area contributed by atoms with Gasteiger partial charge in [-0.3, -0.25) is 14.9 Å². The van der Waals surface area contributed by atoms with Crippen LogP contribution in [-0.4, -0.2) is 28.3 Å². The molecule has 1 aromatic rings. The van der Waals surface area contributed by atoms with E-state index in [1.165, 1.54) is 12.1 Å². The van der Waals surface area contributed by atoms with Gasteiger partial charge < -0.3 is 4.90 Å². The highest BCUT2D eigenvalue weighted by atomic mass is 127. The molecule has 0 saturated heterocycles. The molecule has 0 saturated carbocycles. The van der Waals surface area contributed by atoms with Crippen molar-refractivity contribution in [1.82, 2.24) is 4.90 Å². The SMILES string of the molecule is CC(C)CN(C(=O)c1cc([N+](=O)[O-])ccc1I)C(C)C. The lowest BCUT2D eigenvalue weighted by atomic mass is 10.1. The second-order valence-corrected chi connectivity index (χ2v) is 6.53. The minimum Gasteiger partial charge on any atom is -0.336 e. The summed E-state index contributed by atoms with van der Waals surface area (Å²) < 4.78 is 0.729. The van der Waals surface area contributed by atoms with Crippen molar-refractivity contribution >= 4 is 34.2 Å². The Morgan fingerprint density at radius 3 is 2.40 bits per heavy atom. The molecular weight excluding hydrogens is 371 g/mol. The molecule has 0 aliphatic carbocycles. The Kier molecular flexibility index (Phi) is 5.91. The van der Waals surface area contributed by atoms with Crippen LogP contribution in [0.15, 0.2) is 18.2 Å². The van der Waals surface area contributed by atoms with Gasteiger partial charge in [0.15, 0.2) is 0 Å². The number of hydrogen-bond acceptors (Lipinski definition) is 3. The van der Waals surface area contributed by atoms with Gasteiger partial charge in [0.05, 0.1) is 10.5 Å². The Hall–Kier alpha value is -1.18. The largest absolute Gasteiger partial charge is 0.336 e. The van der Waals surface area contributed by atoms with E-state index in [0.717, 1.165) is 3.57 Å². The number of carbonyl (C=O) groups excluding carboxylic acids is 1. The molecule has 20 heavy (non-hydrogen) atoms. The quantitative estimate of drug-likeness (QED) is 0.438. The highest BCUT2D eigenvalue weighted by Gasteiger charge is 2.23. The lowest BCUT2D eigenvalue weighted by Gasteiger charge is -2.28. The van der Waals surface area contributed by atoms with Gasteiger partial charge in [-0.2, -0.15) is 0 Å². The van der Waals surface area contributed by atoms with E-state index in [0.29, 0.717) is 18.0 Å². The fraction of sp³-hybridized carbons (Fsp3) is 0.500. The average Bonchev–Trinajstić information content (AvgIpc) is 2.34. The number of amides is 1. The van der Waals surface area contributed by atoms with Crippen LogP contribution in [0.1, 0.15) is 38.1 Å². The van der Waals surface area contributed by atoms with E-state index in [2.05, 4.69) is 0 Å². The highest BCUT2D eigenvalue weighted by molar-refractivity contribution is 14.1. The topological polar surface area (TPSA) is 63.5 Å². The van der Waals surface area contributed by atoms with Crippen molar-refractivity contribution in [2.45, 2.75) is 33.7 Å². The zero-order chi connectivity index (χ0) is 15.4. The Morgan fingerprint density at radius 1 is 1.35 bits per heavy atom. The van der Waals surface area contributed by atoms with Crippen molar-refractivity contribution in [2.24, 2.45) is 5.92 Å². The molecule has 0 aliphatic rings. The van der Waals surface area contributed by atoms with Gasteiger partial charge in [0, 0.05) is 28.3 Å². The molecule has 1 aromatic carbocycles. The molecule has 6 heteroatoms. The molecule has 1 rings (SSSR count). The summed E-state index contributed by atoms with van der Waals surface area (Å²) in [5.74, 6) is 0.194. The predicted octanol–water partition coefficient (Wildman–Crippen LogP) is 3.71. The summed E-state index contributed by atoms with van der Waals surface area (Å²) in [6.45, 7) is 8.62. The summed E-state index contributed by atoms with van der Waals surface area (Å²) in [4.78, 5) is 24.7. The van der Waals surface area contributed by atoms with Crippen LogP contribution in [0.4, 0.5) is 5.69 Å². The van der Waals surface area contributed by atoms with Crippen LogP contribution in [-0.2, 0) is 0 Å². The Labute approximate surface area is 132 Å². The highest BCUT2D eigenvalue weighted by Crippen LogP contribution is 2.22. The van der Waals surface area contributed by atoms with E-state index in [4.69, 9.17) is 0 Å². The lowest BCUT2D eigenvalue weighted by molar-refractivity contribution is -0.384. The molecule has 5 nitrogen and oxygen atoms in total. The van der Waals surface area contributed by atoms with Crippen LogP contribution in [0.5, 0.6) is 0 Å². The fourth-order valence-electron chi connectivity index (χ4n) is 1.87. The smallest absolute Gasteiger partial charge is 0.270 e. The number of nitro groups is 1. The number of rotatable bonds is 5. The molecule has 0 atom stereocenters. The summed E-state index contributed by atoms with van der Waals surface area (Å²) in [5, 5.41) is 10.8. The summed E-state index contributed by atoms with van der Waals surface area (Å²) in [5.41, 5.74) is 0.344. The lowest BCUT2D eigenvalue weighted by Crippen LogP contribution is -2.39. The molecule has 0 aromatic heterocycles. The van der Waals surface area contributed by atoms with Gasteiger partial charge in [-0.25, -0.2) is 0 Å². The number of benzene rings is 1. The van der Waals surface area contributed by atoms with Crippen molar-refractivity contribution in [3.63, 3.8) is 0 Å². The third-order valence-electron chi connectivity index (χ3n) is 2.84. The van der Waals surface area contributed by atoms with Crippen molar-refractivity contribution in [3.8, 4) is 0 Å². The van der Waals surface area contributed by atoms with Gasteiger partial charge in [-0.05, 0) is 48.4 Å². The minimum absolute atomic E-state index is 0.0537. The van der Waals surface area contributed by atoms with Crippen molar-refractivity contribution in [3.05, 3.63) is 37.4 Å². The summed E-state index contributed by atoms with van der Waals surface area (Å²) in [6, 6.07) is 4.44. The molecular formula is C14H19IN2O3. The first-order valence-electron chi connectivity index (χ1n) is 6.49. The maximum atomic E-state index is 12.6. The monoisotopic (exact) mass is 390 g/mol. The van der Waals surface area contributed by atoms with Crippen molar-refractivity contribution in [2.75, 3.05) is 6.54 Å². The van der Waals surface area contributed by atoms with Crippen LogP contribution in [0.3, 0.4) is 0 Å². The molecule has 0 N–H and O–H groups in total. The third kappa shape index (κ3) is 4.16. The third-order valence-corrected chi connectivity index (χ3v) is 3.78. The molecule has 0 bridgehead atoms. The Morgan fingerprint density at radius 2 is 1.95 bits per heavy atom. The zero-order valence-electron chi connectivity index (χ0n) is 12.1. The van der Waals surface area contributed by atoms with Crippen LogP contribution in [0, 0.1) is 19.6 Å². The van der Waals surface area contributed by atoms with Gasteiger partial charge in [0.1, 0.15) is 0 Å². The van der Waals surface area contributed by atoms with Crippen LogP contribution < -0.4 is 0 Å². The second-order valence-electron chi connectivity index (χ2n) is 5.37. The van der Waals surface area contributed by atoms with Gasteiger partial charge in [-0.15, -0.1) is 0 Å². The van der Waals surface area contributed by atoms with Crippen LogP contribution >= 0.6 is 22.6 Å². The van der Waals surface area contributed by atoms with E-state index in [1.807, 2.05) is 50.3 Å². The number of nitro benzene ring substituents is 1. The first-order chi connectivity index (χ1) is 9.23. The maximum Gasteiger partial charge on any atom is 0.270 e. The number of hydrogen-bond donors (Lipinski definition) is 0. The molecule has 0 aliphatic heterocycles. The molecule has 1 amide bonds. The van der Waals surface area contributed by atoms with Crippen LogP contribution in [0.25, 0.3) is 0 Å².